The number of aromatic nitrogens is 1. The number of likely N-dealkylation sites (tertiary alicyclic amines) is 1. The standard InChI is InChI=1S/C18H26Cl2N2O.C12H14N4S.C4H10/c1-2-3-4-5-18(23)21-15-8-10-22(11-9-15)13-14-6-7-16(19)17(20)12-14;1-8-3-2-4-9(6-5-8)10-7-17-12(15-10)16-11(13)14;1-3-4-2/h6-7,12,15H,2-5,8-11,13H2,1H3,(H,21,23);3-7H,2H2,1H3,(H4,13,14,15,16);3-4H2,1-2H3. The van der Waals surface area contributed by atoms with Gasteiger partial charge >= 0.3 is 0 Å². The van der Waals surface area contributed by atoms with Crippen molar-refractivity contribution >= 4 is 57.1 Å². The van der Waals surface area contributed by atoms with E-state index < -0.39 is 0 Å². The van der Waals surface area contributed by atoms with Crippen LogP contribution in [0.3, 0.4) is 0 Å². The Kier molecular flexibility index (Phi) is 18.0. The first kappa shape index (κ1) is 37.5. The molecule has 1 amide bonds. The third kappa shape index (κ3) is 14.9. The summed E-state index contributed by atoms with van der Waals surface area (Å²) >= 11 is 13.4. The molecular weight excluding hydrogens is 611 g/mol. The molecule has 2 heterocycles. The number of amides is 1. The zero-order chi connectivity index (χ0) is 32.3. The summed E-state index contributed by atoms with van der Waals surface area (Å²) in [5.41, 5.74) is 15.1. The minimum absolute atomic E-state index is 0.0359. The lowest BCUT2D eigenvalue weighted by Crippen LogP contribution is -2.44. The number of allylic oxidation sites excluding steroid dienone is 6. The molecule has 7 nitrogen and oxygen atoms in total. The molecule has 4 rings (SSSR count). The second-order valence-electron chi connectivity index (χ2n) is 11.1. The summed E-state index contributed by atoms with van der Waals surface area (Å²) in [6, 6.07) is 6.14. The van der Waals surface area contributed by atoms with Gasteiger partial charge in [0.1, 0.15) is 0 Å². The molecule has 2 aliphatic rings. The molecule has 0 radical (unpaired) electrons. The van der Waals surface area contributed by atoms with Gasteiger partial charge in [0.15, 0.2) is 5.96 Å². The molecule has 10 heteroatoms. The number of benzene rings is 1. The van der Waals surface area contributed by atoms with Gasteiger partial charge in [0.25, 0.3) is 0 Å². The van der Waals surface area contributed by atoms with E-state index in [1.165, 1.54) is 35.3 Å². The van der Waals surface area contributed by atoms with Crippen molar-refractivity contribution in [3.8, 4) is 0 Å². The molecule has 1 aromatic heterocycles. The second kappa shape index (κ2) is 21.2. The van der Waals surface area contributed by atoms with E-state index in [2.05, 4.69) is 72.2 Å². The summed E-state index contributed by atoms with van der Waals surface area (Å²) in [6.07, 6.45) is 18.0. The average Bonchev–Trinajstić information content (AvgIpc) is 3.34. The van der Waals surface area contributed by atoms with Crippen LogP contribution in [0.1, 0.15) is 96.7 Å². The third-order valence-corrected chi connectivity index (χ3v) is 8.64. The number of unbranched alkanes of at least 4 members (excludes halogenated alkanes) is 3. The topological polar surface area (TPSA) is 110 Å². The van der Waals surface area contributed by atoms with E-state index in [1.54, 1.807) is 0 Å². The van der Waals surface area contributed by atoms with E-state index in [1.807, 2.05) is 23.6 Å². The Morgan fingerprint density at radius 3 is 2.41 bits per heavy atom. The highest BCUT2D eigenvalue weighted by Gasteiger charge is 2.20. The van der Waals surface area contributed by atoms with Gasteiger partial charge in [-0.3, -0.25) is 9.69 Å². The Bertz CT molecular complexity index is 1270. The van der Waals surface area contributed by atoms with E-state index in [4.69, 9.17) is 34.7 Å². The normalized spacial score (nSPS) is 15.0. The van der Waals surface area contributed by atoms with Crippen LogP contribution < -0.4 is 16.8 Å². The molecule has 1 fully saturated rings. The van der Waals surface area contributed by atoms with Crippen LogP contribution in [-0.2, 0) is 11.3 Å². The van der Waals surface area contributed by atoms with E-state index in [0.717, 1.165) is 69.4 Å². The number of piperidine rings is 1. The minimum atomic E-state index is 0.0359. The number of aliphatic imine (C=N–C) groups is 1. The van der Waals surface area contributed by atoms with Gasteiger partial charge in [-0.25, -0.2) is 4.98 Å². The average molecular weight is 662 g/mol. The van der Waals surface area contributed by atoms with Crippen molar-refractivity contribution in [3.63, 3.8) is 0 Å². The summed E-state index contributed by atoms with van der Waals surface area (Å²) in [7, 11) is 0. The number of nitrogens with zero attached hydrogens (tertiary/aromatic N) is 3. The minimum Gasteiger partial charge on any atom is -0.370 e. The van der Waals surface area contributed by atoms with Gasteiger partial charge in [-0.2, -0.15) is 4.99 Å². The number of carbonyl (C=O) groups excluding carboxylic acids is 1. The van der Waals surface area contributed by atoms with Crippen molar-refractivity contribution in [1.29, 1.82) is 0 Å². The van der Waals surface area contributed by atoms with Crippen LogP contribution in [0.15, 0.2) is 58.4 Å². The second-order valence-corrected chi connectivity index (χ2v) is 12.7. The Hall–Kier alpha value is -2.65. The largest absolute Gasteiger partial charge is 0.370 e. The molecular formula is C34H50Cl2N6OS. The highest BCUT2D eigenvalue weighted by molar-refractivity contribution is 7.13. The highest BCUT2D eigenvalue weighted by atomic mass is 35.5. The van der Waals surface area contributed by atoms with E-state index >= 15 is 0 Å². The highest BCUT2D eigenvalue weighted by Crippen LogP contribution is 2.26. The van der Waals surface area contributed by atoms with Gasteiger partial charge in [-0.05, 0) is 55.9 Å². The lowest BCUT2D eigenvalue weighted by Gasteiger charge is -2.32. The first-order valence-electron chi connectivity index (χ1n) is 15.7. The molecule has 1 aromatic carbocycles. The van der Waals surface area contributed by atoms with Gasteiger partial charge in [0.2, 0.25) is 11.0 Å². The number of guanidine groups is 1. The van der Waals surface area contributed by atoms with Crippen LogP contribution in [0, 0.1) is 0 Å². The molecule has 1 aliphatic heterocycles. The molecule has 0 saturated carbocycles. The van der Waals surface area contributed by atoms with Crippen molar-refractivity contribution in [3.05, 3.63) is 74.8 Å². The Morgan fingerprint density at radius 2 is 1.77 bits per heavy atom. The number of carbonyl (C=O) groups is 1. The van der Waals surface area contributed by atoms with Crippen LogP contribution >= 0.6 is 34.5 Å². The lowest BCUT2D eigenvalue weighted by molar-refractivity contribution is -0.122. The van der Waals surface area contributed by atoms with Crippen molar-refractivity contribution in [2.75, 3.05) is 13.1 Å². The molecule has 2 aromatic rings. The molecule has 1 aliphatic carbocycles. The summed E-state index contributed by atoms with van der Waals surface area (Å²) in [4.78, 5) is 22.6. The van der Waals surface area contributed by atoms with Crippen LogP contribution in [0.4, 0.5) is 5.13 Å². The Balaban J connectivity index is 0.000000283. The molecule has 242 valence electrons. The third-order valence-electron chi connectivity index (χ3n) is 7.17. The lowest BCUT2D eigenvalue weighted by atomic mass is 10.0. The molecule has 44 heavy (non-hydrogen) atoms. The SMILES string of the molecule is CC1=CCC=C(c2csc(N=C(N)N)n2)C=C1.CCCC.CCCCCC(=O)NC1CCN(Cc2ccc(Cl)c(Cl)c2)CC1. The zero-order valence-corrected chi connectivity index (χ0v) is 29.1. The number of hydrogen-bond donors (Lipinski definition) is 3. The van der Waals surface area contributed by atoms with Gasteiger partial charge in [0, 0.05) is 37.5 Å². The molecule has 1 saturated heterocycles. The van der Waals surface area contributed by atoms with Crippen molar-refractivity contribution in [2.24, 2.45) is 16.5 Å². The maximum Gasteiger partial charge on any atom is 0.220 e. The number of hydrogen-bond acceptors (Lipinski definition) is 5. The number of nitrogens with one attached hydrogen (secondary N) is 1. The quantitative estimate of drug-likeness (QED) is 0.134. The van der Waals surface area contributed by atoms with Crippen LogP contribution in [-0.4, -0.2) is 40.9 Å². The predicted molar refractivity (Wildman–Crippen MR) is 191 cm³/mol. The predicted octanol–water partition coefficient (Wildman–Crippen LogP) is 8.80. The monoisotopic (exact) mass is 660 g/mol. The zero-order valence-electron chi connectivity index (χ0n) is 26.8. The summed E-state index contributed by atoms with van der Waals surface area (Å²) < 4.78 is 0. The van der Waals surface area contributed by atoms with Crippen molar-refractivity contribution < 1.29 is 4.79 Å². The summed E-state index contributed by atoms with van der Waals surface area (Å²) in [5, 5.41) is 6.92. The number of nitrogens with two attached hydrogens (primary N) is 2. The van der Waals surface area contributed by atoms with E-state index in [0.29, 0.717) is 27.6 Å². The van der Waals surface area contributed by atoms with Crippen LogP contribution in [0.25, 0.3) is 5.57 Å². The summed E-state index contributed by atoms with van der Waals surface area (Å²) in [6.45, 7) is 11.5. The smallest absolute Gasteiger partial charge is 0.220 e. The van der Waals surface area contributed by atoms with E-state index in [-0.39, 0.29) is 11.9 Å². The molecule has 0 atom stereocenters. The number of halogens is 2. The van der Waals surface area contributed by atoms with Gasteiger partial charge in [-0.15, -0.1) is 11.3 Å². The fraction of sp³-hybridized carbons (Fsp3) is 0.500. The molecule has 0 unspecified atom stereocenters. The van der Waals surface area contributed by atoms with Crippen LogP contribution in [0.5, 0.6) is 0 Å². The maximum absolute atomic E-state index is 11.9. The first-order valence-corrected chi connectivity index (χ1v) is 17.3. The van der Waals surface area contributed by atoms with Crippen molar-refractivity contribution in [2.45, 2.75) is 98.1 Å². The molecule has 5 N–H and O–H groups in total. The first-order chi connectivity index (χ1) is 21.1. The Labute approximate surface area is 278 Å². The van der Waals surface area contributed by atoms with Gasteiger partial charge < -0.3 is 16.8 Å². The Morgan fingerprint density at radius 1 is 1.05 bits per heavy atom. The summed E-state index contributed by atoms with van der Waals surface area (Å²) in [5.74, 6) is 0.246. The number of thiazole rings is 1. The van der Waals surface area contributed by atoms with Crippen LogP contribution in [0.2, 0.25) is 10.0 Å². The fourth-order valence-corrected chi connectivity index (χ4v) is 5.48. The maximum atomic E-state index is 11.9. The van der Waals surface area contributed by atoms with Gasteiger partial charge in [-0.1, -0.05) is 106 Å². The van der Waals surface area contributed by atoms with Crippen molar-refractivity contribution in [1.82, 2.24) is 15.2 Å². The van der Waals surface area contributed by atoms with E-state index in [9.17, 15) is 4.79 Å². The fourth-order valence-electron chi connectivity index (χ4n) is 4.44. The van der Waals surface area contributed by atoms with Gasteiger partial charge in [0.05, 0.1) is 15.7 Å². The molecule has 0 spiro atoms. The number of rotatable bonds is 10. The molecule has 0 bridgehead atoms.